The van der Waals surface area contributed by atoms with Gasteiger partial charge in [-0.15, -0.1) is 0 Å². The monoisotopic (exact) mass is 409 g/mol. The lowest BCUT2D eigenvalue weighted by Crippen LogP contribution is -2.23. The second kappa shape index (κ2) is 7.77. The van der Waals surface area contributed by atoms with Crippen LogP contribution in [0.25, 0.3) is 16.7 Å². The maximum absolute atomic E-state index is 11.8. The highest BCUT2D eigenvalue weighted by atomic mass is 16.2. The second-order valence-electron chi connectivity index (χ2n) is 8.05. The number of nitrogens with one attached hydrogen (secondary N) is 1. The van der Waals surface area contributed by atoms with Gasteiger partial charge in [0.25, 0.3) is 0 Å². The van der Waals surface area contributed by atoms with E-state index in [-0.39, 0.29) is 5.91 Å². The van der Waals surface area contributed by atoms with Gasteiger partial charge in [0.05, 0.1) is 16.6 Å². The fraction of sp³-hybridized carbons (Fsp3) is 0.240. The van der Waals surface area contributed by atoms with Crippen LogP contribution >= 0.6 is 0 Å². The van der Waals surface area contributed by atoms with Crippen LogP contribution in [0, 0.1) is 18.3 Å². The highest BCUT2D eigenvalue weighted by Crippen LogP contribution is 2.27. The summed E-state index contributed by atoms with van der Waals surface area (Å²) in [7, 11) is 0. The van der Waals surface area contributed by atoms with Gasteiger partial charge in [-0.25, -0.2) is 4.98 Å². The van der Waals surface area contributed by atoms with Gasteiger partial charge in [0.1, 0.15) is 11.9 Å². The Bertz CT molecular complexity index is 1330. The third-order valence-corrected chi connectivity index (χ3v) is 5.93. The second-order valence-corrected chi connectivity index (χ2v) is 8.05. The van der Waals surface area contributed by atoms with E-state index in [0.717, 1.165) is 46.5 Å². The third-order valence-electron chi connectivity index (χ3n) is 5.93. The molecule has 154 valence electrons. The number of likely N-dealkylation sites (tertiary alicyclic amines) is 1. The first-order valence-corrected chi connectivity index (χ1v) is 10.5. The summed E-state index contributed by atoms with van der Waals surface area (Å²) in [4.78, 5) is 18.5. The molecule has 1 aliphatic rings. The standard InChI is InChI=1S/C25H23N5O/c1-17-13-23(30-22-6-3-2-5-21(22)28-25(30)20(17)14-26)27-15-18-8-10-19(11-9-18)16-29-12-4-7-24(29)31/h2-3,5-6,8-11,13,27H,4,7,12,15-16H2,1H3. The summed E-state index contributed by atoms with van der Waals surface area (Å²) in [5.74, 6) is 1.16. The molecule has 3 heterocycles. The van der Waals surface area contributed by atoms with E-state index in [0.29, 0.717) is 30.7 Å². The van der Waals surface area contributed by atoms with Gasteiger partial charge in [-0.05, 0) is 48.2 Å². The van der Waals surface area contributed by atoms with Crippen molar-refractivity contribution in [2.24, 2.45) is 0 Å². The number of aromatic nitrogens is 2. The van der Waals surface area contributed by atoms with Crippen molar-refractivity contribution in [2.45, 2.75) is 32.9 Å². The highest BCUT2D eigenvalue weighted by Gasteiger charge is 2.20. The molecule has 2 aromatic heterocycles. The molecule has 4 aromatic rings. The zero-order chi connectivity index (χ0) is 21.4. The average molecular weight is 409 g/mol. The Kier molecular flexibility index (Phi) is 4.79. The maximum atomic E-state index is 11.8. The van der Waals surface area contributed by atoms with Crippen molar-refractivity contribution in [1.82, 2.24) is 14.3 Å². The van der Waals surface area contributed by atoms with Gasteiger partial charge < -0.3 is 10.2 Å². The molecule has 0 atom stereocenters. The number of hydrogen-bond acceptors (Lipinski definition) is 4. The van der Waals surface area contributed by atoms with E-state index in [9.17, 15) is 10.1 Å². The number of amides is 1. The number of carbonyl (C=O) groups excluding carboxylic acids is 1. The summed E-state index contributed by atoms with van der Waals surface area (Å²) in [5, 5.41) is 13.2. The lowest BCUT2D eigenvalue weighted by molar-refractivity contribution is -0.128. The Morgan fingerprint density at radius 3 is 2.65 bits per heavy atom. The highest BCUT2D eigenvalue weighted by molar-refractivity contribution is 5.85. The van der Waals surface area contributed by atoms with Crippen LogP contribution < -0.4 is 5.32 Å². The molecular weight excluding hydrogens is 386 g/mol. The van der Waals surface area contributed by atoms with Crippen LogP contribution in [0.2, 0.25) is 0 Å². The molecule has 0 radical (unpaired) electrons. The molecule has 2 aromatic carbocycles. The number of anilines is 1. The largest absolute Gasteiger partial charge is 0.367 e. The molecule has 6 nitrogen and oxygen atoms in total. The van der Waals surface area contributed by atoms with Crippen molar-refractivity contribution in [3.63, 3.8) is 0 Å². The first kappa shape index (κ1) is 19.1. The summed E-state index contributed by atoms with van der Waals surface area (Å²) in [6.45, 7) is 4.13. The van der Waals surface area contributed by atoms with Crippen molar-refractivity contribution in [3.8, 4) is 6.07 Å². The molecular formula is C25H23N5O. The van der Waals surface area contributed by atoms with Crippen LogP contribution in [-0.2, 0) is 17.9 Å². The first-order valence-electron chi connectivity index (χ1n) is 10.5. The molecule has 0 unspecified atom stereocenters. The zero-order valence-electron chi connectivity index (χ0n) is 17.4. The number of imidazole rings is 1. The number of rotatable bonds is 5. The SMILES string of the molecule is Cc1cc(NCc2ccc(CN3CCCC3=O)cc2)n2c(nc3ccccc32)c1C#N. The molecule has 1 fully saturated rings. The first-order chi connectivity index (χ1) is 15.1. The van der Waals surface area contributed by atoms with Gasteiger partial charge in [0.2, 0.25) is 5.91 Å². The van der Waals surface area contributed by atoms with E-state index in [1.165, 1.54) is 0 Å². The quantitative estimate of drug-likeness (QED) is 0.530. The molecule has 1 aliphatic heterocycles. The number of hydrogen-bond donors (Lipinski definition) is 1. The molecule has 6 heteroatoms. The van der Waals surface area contributed by atoms with E-state index in [4.69, 9.17) is 4.98 Å². The molecule has 0 saturated carbocycles. The Balaban J connectivity index is 1.41. The van der Waals surface area contributed by atoms with Gasteiger partial charge >= 0.3 is 0 Å². The van der Waals surface area contributed by atoms with Gasteiger partial charge in [-0.1, -0.05) is 36.4 Å². The summed E-state index contributed by atoms with van der Waals surface area (Å²) < 4.78 is 2.02. The van der Waals surface area contributed by atoms with Crippen LogP contribution in [0.1, 0.15) is 35.1 Å². The molecule has 0 bridgehead atoms. The number of para-hydroxylation sites is 2. The minimum Gasteiger partial charge on any atom is -0.367 e. The fourth-order valence-corrected chi connectivity index (χ4v) is 4.27. The van der Waals surface area contributed by atoms with E-state index in [1.54, 1.807) is 0 Å². The number of nitriles is 1. The minimum absolute atomic E-state index is 0.249. The summed E-state index contributed by atoms with van der Waals surface area (Å²) in [5.41, 5.74) is 6.32. The van der Waals surface area contributed by atoms with Gasteiger partial charge in [-0.3, -0.25) is 9.20 Å². The third kappa shape index (κ3) is 3.49. The van der Waals surface area contributed by atoms with Gasteiger partial charge in [0.15, 0.2) is 5.65 Å². The van der Waals surface area contributed by atoms with E-state index in [2.05, 4.69) is 35.7 Å². The molecule has 1 amide bonds. The Labute approximate surface area is 180 Å². The summed E-state index contributed by atoms with van der Waals surface area (Å²) in [6, 6.07) is 20.6. The number of nitrogens with zero attached hydrogens (tertiary/aromatic N) is 4. The molecule has 1 N–H and O–H groups in total. The number of carbonyl (C=O) groups is 1. The van der Waals surface area contributed by atoms with Crippen molar-refractivity contribution in [2.75, 3.05) is 11.9 Å². The van der Waals surface area contributed by atoms with Crippen LogP contribution in [0.15, 0.2) is 54.6 Å². The summed E-state index contributed by atoms with van der Waals surface area (Å²) >= 11 is 0. The van der Waals surface area contributed by atoms with E-state index < -0.39 is 0 Å². The Morgan fingerprint density at radius 1 is 1.13 bits per heavy atom. The fourth-order valence-electron chi connectivity index (χ4n) is 4.27. The lowest BCUT2D eigenvalue weighted by atomic mass is 10.1. The van der Waals surface area contributed by atoms with Crippen LogP contribution in [0.4, 0.5) is 5.82 Å². The molecule has 5 rings (SSSR count). The predicted molar refractivity (Wildman–Crippen MR) is 121 cm³/mol. The van der Waals surface area contributed by atoms with Crippen LogP contribution in [0.5, 0.6) is 0 Å². The molecule has 0 aliphatic carbocycles. The summed E-state index contributed by atoms with van der Waals surface area (Å²) in [6.07, 6.45) is 1.63. The average Bonchev–Trinajstić information content (AvgIpc) is 3.36. The number of pyridine rings is 1. The zero-order valence-corrected chi connectivity index (χ0v) is 17.4. The number of aryl methyl sites for hydroxylation is 1. The Morgan fingerprint density at radius 2 is 1.90 bits per heavy atom. The van der Waals surface area contributed by atoms with E-state index >= 15 is 0 Å². The van der Waals surface area contributed by atoms with Crippen molar-refractivity contribution < 1.29 is 4.79 Å². The van der Waals surface area contributed by atoms with Crippen LogP contribution in [0.3, 0.4) is 0 Å². The van der Waals surface area contributed by atoms with Gasteiger partial charge in [-0.2, -0.15) is 5.26 Å². The number of fused-ring (bicyclic) bond motifs is 3. The molecule has 0 spiro atoms. The van der Waals surface area contributed by atoms with Crippen molar-refractivity contribution >= 4 is 28.4 Å². The smallest absolute Gasteiger partial charge is 0.222 e. The lowest BCUT2D eigenvalue weighted by Gasteiger charge is -2.16. The molecule has 1 saturated heterocycles. The van der Waals surface area contributed by atoms with Crippen molar-refractivity contribution in [3.05, 3.63) is 76.9 Å². The van der Waals surface area contributed by atoms with Gasteiger partial charge in [0, 0.05) is 26.1 Å². The van der Waals surface area contributed by atoms with Crippen LogP contribution in [-0.4, -0.2) is 26.7 Å². The maximum Gasteiger partial charge on any atom is 0.222 e. The predicted octanol–water partition coefficient (Wildman–Crippen LogP) is 4.40. The number of benzene rings is 2. The normalized spacial score (nSPS) is 13.8. The Hall–Kier alpha value is -3.85. The molecule has 31 heavy (non-hydrogen) atoms. The minimum atomic E-state index is 0.249. The van der Waals surface area contributed by atoms with E-state index in [1.807, 2.05) is 46.6 Å². The topological polar surface area (TPSA) is 73.4 Å². The van der Waals surface area contributed by atoms with Crippen molar-refractivity contribution in [1.29, 1.82) is 5.26 Å².